The van der Waals surface area contributed by atoms with E-state index in [4.69, 9.17) is 9.26 Å². The topological polar surface area (TPSA) is 77.2 Å². The van der Waals surface area contributed by atoms with Crippen LogP contribution < -0.4 is 5.32 Å². The van der Waals surface area contributed by atoms with Gasteiger partial charge in [0.25, 0.3) is 5.89 Å². The van der Waals surface area contributed by atoms with Crippen LogP contribution in [0.4, 0.5) is 0 Å². The zero-order chi connectivity index (χ0) is 15.2. The molecule has 118 valence electrons. The summed E-state index contributed by atoms with van der Waals surface area (Å²) in [7, 11) is 0. The Morgan fingerprint density at radius 1 is 1.48 bits per heavy atom. The zero-order valence-electron chi connectivity index (χ0n) is 13.1. The number of carbonyl (C=O) groups excluding carboxylic acids is 1. The minimum Gasteiger partial charge on any atom is -0.368 e. The van der Waals surface area contributed by atoms with Gasteiger partial charge in [0.05, 0.1) is 6.42 Å². The molecule has 0 aromatic carbocycles. The number of carbonyl (C=O) groups is 1. The number of nitrogens with one attached hydrogen (secondary N) is 1. The number of aromatic nitrogens is 2. The van der Waals surface area contributed by atoms with Crippen molar-refractivity contribution in [3.63, 3.8) is 0 Å². The third-order valence-corrected chi connectivity index (χ3v) is 3.89. The normalized spacial score (nSPS) is 21.9. The molecule has 1 amide bonds. The Balaban J connectivity index is 1.90. The smallest absolute Gasteiger partial charge is 0.256 e. The number of nitrogens with zero attached hydrogens (tertiary/aromatic N) is 2. The van der Waals surface area contributed by atoms with Gasteiger partial charge >= 0.3 is 0 Å². The van der Waals surface area contributed by atoms with Gasteiger partial charge in [-0.25, -0.2) is 0 Å². The largest absolute Gasteiger partial charge is 0.368 e. The molecule has 0 bridgehead atoms. The van der Waals surface area contributed by atoms with Crippen LogP contribution in [0.2, 0.25) is 0 Å². The molecule has 1 aliphatic rings. The predicted molar refractivity (Wildman–Crippen MR) is 77.6 cm³/mol. The fraction of sp³-hybridized carbons (Fsp3) is 0.800. The minimum atomic E-state index is -0.130. The number of amides is 1. The molecule has 0 unspecified atom stereocenters. The Morgan fingerprint density at radius 3 is 3.00 bits per heavy atom. The lowest BCUT2D eigenvalue weighted by Gasteiger charge is -2.18. The summed E-state index contributed by atoms with van der Waals surface area (Å²) in [6.45, 7) is 7.85. The lowest BCUT2D eigenvalue weighted by atomic mass is 9.89. The molecule has 0 radical (unpaired) electrons. The van der Waals surface area contributed by atoms with Gasteiger partial charge in [0, 0.05) is 13.2 Å². The van der Waals surface area contributed by atoms with Gasteiger partial charge in [-0.3, -0.25) is 4.79 Å². The monoisotopic (exact) mass is 295 g/mol. The third-order valence-electron chi connectivity index (χ3n) is 3.89. The van der Waals surface area contributed by atoms with Gasteiger partial charge in [-0.1, -0.05) is 32.3 Å². The van der Waals surface area contributed by atoms with E-state index < -0.39 is 0 Å². The van der Waals surface area contributed by atoms with E-state index in [-0.39, 0.29) is 18.4 Å². The van der Waals surface area contributed by atoms with Crippen LogP contribution in [-0.2, 0) is 16.0 Å². The molecule has 6 heteroatoms. The SMILES string of the molecule is CCCCNC(=O)Cc1noc([C@H]2OCC[C@H]2C(C)C)n1. The van der Waals surface area contributed by atoms with Crippen LogP contribution >= 0.6 is 0 Å². The summed E-state index contributed by atoms with van der Waals surface area (Å²) < 4.78 is 11.0. The van der Waals surface area contributed by atoms with E-state index in [1.165, 1.54) is 0 Å². The third kappa shape index (κ3) is 4.27. The molecule has 2 rings (SSSR count). The molecule has 0 saturated carbocycles. The highest BCUT2D eigenvalue weighted by Crippen LogP contribution is 2.38. The van der Waals surface area contributed by atoms with Crippen LogP contribution in [0.25, 0.3) is 0 Å². The Morgan fingerprint density at radius 2 is 2.29 bits per heavy atom. The average molecular weight is 295 g/mol. The number of unbranched alkanes of at least 4 members (excludes halogenated alkanes) is 1. The van der Waals surface area contributed by atoms with Gasteiger partial charge in [-0.15, -0.1) is 0 Å². The van der Waals surface area contributed by atoms with Crippen LogP contribution in [0.15, 0.2) is 4.52 Å². The average Bonchev–Trinajstić information content (AvgIpc) is 3.06. The molecule has 1 N–H and O–H groups in total. The molecular formula is C15H25N3O3. The van der Waals surface area contributed by atoms with E-state index >= 15 is 0 Å². The van der Waals surface area contributed by atoms with Crippen molar-refractivity contribution >= 4 is 5.91 Å². The molecule has 1 aromatic heterocycles. The van der Waals surface area contributed by atoms with Gasteiger partial charge in [-0.05, 0) is 24.7 Å². The van der Waals surface area contributed by atoms with Crippen molar-refractivity contribution in [1.82, 2.24) is 15.5 Å². The van der Waals surface area contributed by atoms with E-state index in [9.17, 15) is 4.79 Å². The lowest BCUT2D eigenvalue weighted by Crippen LogP contribution is -2.26. The zero-order valence-corrected chi connectivity index (χ0v) is 13.1. The number of hydrogen-bond acceptors (Lipinski definition) is 5. The van der Waals surface area contributed by atoms with Gasteiger partial charge in [0.15, 0.2) is 5.82 Å². The summed E-state index contributed by atoms with van der Waals surface area (Å²) >= 11 is 0. The number of hydrogen-bond donors (Lipinski definition) is 1. The lowest BCUT2D eigenvalue weighted by molar-refractivity contribution is -0.120. The molecule has 1 fully saturated rings. The molecule has 0 spiro atoms. The highest BCUT2D eigenvalue weighted by atomic mass is 16.5. The van der Waals surface area contributed by atoms with E-state index in [2.05, 4.69) is 36.2 Å². The van der Waals surface area contributed by atoms with E-state index in [1.807, 2.05) is 0 Å². The first-order chi connectivity index (χ1) is 10.1. The van der Waals surface area contributed by atoms with Crippen LogP contribution in [0.5, 0.6) is 0 Å². The van der Waals surface area contributed by atoms with E-state index in [0.29, 0.717) is 30.1 Å². The summed E-state index contributed by atoms with van der Waals surface area (Å²) in [5.74, 6) is 1.77. The molecule has 21 heavy (non-hydrogen) atoms. The number of ether oxygens (including phenoxy) is 1. The van der Waals surface area contributed by atoms with Crippen molar-refractivity contribution in [1.29, 1.82) is 0 Å². The Labute approximate surface area is 125 Å². The van der Waals surface area contributed by atoms with Crippen molar-refractivity contribution in [2.45, 2.75) is 52.6 Å². The first-order valence-corrected chi connectivity index (χ1v) is 7.82. The van der Waals surface area contributed by atoms with Crippen molar-refractivity contribution < 1.29 is 14.1 Å². The Bertz CT molecular complexity index is 459. The van der Waals surface area contributed by atoms with Gasteiger partial charge in [-0.2, -0.15) is 4.98 Å². The van der Waals surface area contributed by atoms with E-state index in [1.54, 1.807) is 0 Å². The maximum absolute atomic E-state index is 11.7. The van der Waals surface area contributed by atoms with Crippen LogP contribution in [0, 0.1) is 11.8 Å². The highest BCUT2D eigenvalue weighted by molar-refractivity contribution is 5.77. The summed E-state index contributed by atoms with van der Waals surface area (Å²) in [4.78, 5) is 16.1. The quantitative estimate of drug-likeness (QED) is 0.781. The molecule has 2 atom stereocenters. The molecule has 1 aliphatic heterocycles. The molecule has 6 nitrogen and oxygen atoms in total. The highest BCUT2D eigenvalue weighted by Gasteiger charge is 2.35. The summed E-state index contributed by atoms with van der Waals surface area (Å²) in [6, 6.07) is 0. The Kier molecular flexibility index (Phi) is 5.73. The molecule has 2 heterocycles. The second-order valence-corrected chi connectivity index (χ2v) is 5.92. The molecule has 0 aliphatic carbocycles. The van der Waals surface area contributed by atoms with Crippen molar-refractivity contribution in [2.24, 2.45) is 11.8 Å². The maximum Gasteiger partial charge on any atom is 0.256 e. The fourth-order valence-corrected chi connectivity index (χ4v) is 2.61. The van der Waals surface area contributed by atoms with Crippen LogP contribution in [0.3, 0.4) is 0 Å². The summed E-state index contributed by atoms with van der Waals surface area (Å²) in [6.07, 6.45) is 3.08. The van der Waals surface area contributed by atoms with E-state index in [0.717, 1.165) is 25.9 Å². The van der Waals surface area contributed by atoms with Gasteiger partial charge in [0.2, 0.25) is 5.91 Å². The first-order valence-electron chi connectivity index (χ1n) is 7.82. The first kappa shape index (κ1) is 15.9. The molecule has 1 aromatic rings. The van der Waals surface area contributed by atoms with Crippen LogP contribution in [-0.4, -0.2) is 29.2 Å². The molecule has 1 saturated heterocycles. The predicted octanol–water partition coefficient (Wildman–Crippen LogP) is 2.26. The fourth-order valence-electron chi connectivity index (χ4n) is 2.61. The maximum atomic E-state index is 11.7. The van der Waals surface area contributed by atoms with Gasteiger partial charge in [0.1, 0.15) is 6.10 Å². The van der Waals surface area contributed by atoms with Gasteiger partial charge < -0.3 is 14.6 Å². The summed E-state index contributed by atoms with van der Waals surface area (Å²) in [5.41, 5.74) is 0. The standard InChI is InChI=1S/C15H25N3O3/c1-4-5-7-16-13(19)9-12-17-15(21-18-12)14-11(10(2)3)6-8-20-14/h10-11,14H,4-9H2,1-3H3,(H,16,19)/t11-,14-/m0/s1. The second-order valence-electron chi connectivity index (χ2n) is 5.92. The second kappa shape index (κ2) is 7.54. The number of rotatable bonds is 7. The van der Waals surface area contributed by atoms with Crippen molar-refractivity contribution in [2.75, 3.05) is 13.2 Å². The van der Waals surface area contributed by atoms with Crippen molar-refractivity contribution in [3.05, 3.63) is 11.7 Å². The minimum absolute atomic E-state index is 0.0662. The van der Waals surface area contributed by atoms with Crippen molar-refractivity contribution in [3.8, 4) is 0 Å². The summed E-state index contributed by atoms with van der Waals surface area (Å²) in [5, 5.41) is 6.74. The molecular weight excluding hydrogens is 270 g/mol. The van der Waals surface area contributed by atoms with Crippen LogP contribution in [0.1, 0.15) is 57.9 Å². The Hall–Kier alpha value is -1.43.